The molecule has 0 saturated heterocycles. The molecule has 0 aliphatic rings. The van der Waals surface area contributed by atoms with Crippen molar-refractivity contribution < 1.29 is 5.11 Å². The van der Waals surface area contributed by atoms with Crippen molar-refractivity contribution in [1.29, 1.82) is 0 Å². The number of hydrogen-bond donors (Lipinski definition) is 1. The lowest BCUT2D eigenvalue weighted by molar-refractivity contribution is 0.412. The van der Waals surface area contributed by atoms with E-state index >= 15 is 0 Å². The zero-order chi connectivity index (χ0) is 16.9. The van der Waals surface area contributed by atoms with Gasteiger partial charge in [0.2, 0.25) is 0 Å². The largest absolute Gasteiger partial charge is 0.504 e. The lowest BCUT2D eigenvalue weighted by Gasteiger charge is -2.27. The van der Waals surface area contributed by atoms with Gasteiger partial charge in [-0.1, -0.05) is 0 Å². The Kier molecular flexibility index (Phi) is 6.97. The molecule has 1 aromatic rings. The van der Waals surface area contributed by atoms with Crippen LogP contribution in [0.4, 0.5) is 11.4 Å². The van der Waals surface area contributed by atoms with Crippen LogP contribution < -0.4 is 9.80 Å². The van der Waals surface area contributed by atoms with Crippen molar-refractivity contribution in [3.63, 3.8) is 0 Å². The van der Waals surface area contributed by atoms with E-state index in [2.05, 4.69) is 54.7 Å². The Morgan fingerprint density at radius 1 is 0.727 bits per heavy atom. The van der Waals surface area contributed by atoms with Crippen molar-refractivity contribution in [2.24, 2.45) is 0 Å². The molecule has 0 bridgehead atoms. The molecule has 0 unspecified atom stereocenters. The predicted molar refractivity (Wildman–Crippen MR) is 96.5 cm³/mol. The van der Waals surface area contributed by atoms with E-state index < -0.39 is 0 Å². The minimum absolute atomic E-state index is 0.369. The first kappa shape index (κ1) is 18.6. The Balaban J connectivity index is 2.96. The van der Waals surface area contributed by atoms with Crippen LogP contribution in [0.25, 0.3) is 0 Å². The summed E-state index contributed by atoms with van der Waals surface area (Å²) in [5.41, 5.74) is 2.96. The van der Waals surface area contributed by atoms with E-state index in [9.17, 15) is 5.11 Å². The summed E-state index contributed by atoms with van der Waals surface area (Å²) in [6, 6.07) is 4.10. The van der Waals surface area contributed by atoms with Gasteiger partial charge < -0.3 is 24.7 Å². The first-order valence-electron chi connectivity index (χ1n) is 7.77. The predicted octanol–water partition coefficient (Wildman–Crippen LogP) is 1.70. The van der Waals surface area contributed by atoms with Crippen LogP contribution in [-0.2, 0) is 0 Å². The summed E-state index contributed by atoms with van der Waals surface area (Å²) in [5.74, 6) is 0.369. The minimum atomic E-state index is 0.369. The summed E-state index contributed by atoms with van der Waals surface area (Å²) in [4.78, 5) is 8.53. The zero-order valence-electron chi connectivity index (χ0n) is 15.2. The lowest BCUT2D eigenvalue weighted by Crippen LogP contribution is -2.30. The third kappa shape index (κ3) is 5.39. The van der Waals surface area contributed by atoms with E-state index in [4.69, 9.17) is 0 Å². The van der Waals surface area contributed by atoms with Crippen LogP contribution in [0.1, 0.15) is 5.56 Å². The van der Waals surface area contributed by atoms with Gasteiger partial charge in [0, 0.05) is 40.3 Å². The number of aryl methyl sites for hydroxylation is 1. The molecule has 5 heteroatoms. The van der Waals surface area contributed by atoms with E-state index in [1.165, 1.54) is 0 Å². The number of likely N-dealkylation sites (N-methyl/N-ethyl adjacent to an activating group) is 4. The second kappa shape index (κ2) is 8.25. The SMILES string of the molecule is Cc1cc(N(C)CCN(C)C)c(O)c(N(C)CCN(C)C)c1. The fourth-order valence-electron chi connectivity index (χ4n) is 2.26. The second-order valence-electron chi connectivity index (χ2n) is 6.60. The third-order valence-corrected chi connectivity index (χ3v) is 3.80. The van der Waals surface area contributed by atoms with Crippen LogP contribution in [0.15, 0.2) is 12.1 Å². The highest BCUT2D eigenvalue weighted by Crippen LogP contribution is 2.37. The molecule has 0 aromatic heterocycles. The van der Waals surface area contributed by atoms with Gasteiger partial charge in [-0.2, -0.15) is 0 Å². The fraction of sp³-hybridized carbons (Fsp3) is 0.647. The Hall–Kier alpha value is -1.46. The highest BCUT2D eigenvalue weighted by atomic mass is 16.3. The molecule has 0 amide bonds. The molecule has 0 atom stereocenters. The van der Waals surface area contributed by atoms with Gasteiger partial charge in [-0.05, 0) is 52.8 Å². The summed E-state index contributed by atoms with van der Waals surface area (Å²) in [7, 11) is 12.3. The summed E-state index contributed by atoms with van der Waals surface area (Å²) >= 11 is 0. The van der Waals surface area contributed by atoms with Crippen molar-refractivity contribution in [2.45, 2.75) is 6.92 Å². The van der Waals surface area contributed by atoms with Crippen LogP contribution in [0.5, 0.6) is 5.75 Å². The van der Waals surface area contributed by atoms with Crippen molar-refractivity contribution >= 4 is 11.4 Å². The molecule has 1 rings (SSSR count). The maximum atomic E-state index is 10.7. The average Bonchev–Trinajstić information content (AvgIpc) is 2.44. The van der Waals surface area contributed by atoms with Gasteiger partial charge in [0.05, 0.1) is 11.4 Å². The van der Waals surface area contributed by atoms with Crippen LogP contribution in [-0.4, -0.2) is 83.4 Å². The molecule has 0 aliphatic heterocycles. The zero-order valence-corrected chi connectivity index (χ0v) is 15.2. The Morgan fingerprint density at radius 2 is 1.09 bits per heavy atom. The van der Waals surface area contributed by atoms with Gasteiger partial charge in [0.15, 0.2) is 5.75 Å². The van der Waals surface area contributed by atoms with Crippen LogP contribution in [0.2, 0.25) is 0 Å². The van der Waals surface area contributed by atoms with Crippen molar-refractivity contribution in [3.8, 4) is 5.75 Å². The monoisotopic (exact) mass is 308 g/mol. The third-order valence-electron chi connectivity index (χ3n) is 3.80. The van der Waals surface area contributed by atoms with E-state index in [0.717, 1.165) is 43.1 Å². The Labute approximate surface area is 135 Å². The smallest absolute Gasteiger partial charge is 0.162 e. The molecule has 126 valence electrons. The molecule has 0 aliphatic carbocycles. The van der Waals surface area contributed by atoms with Gasteiger partial charge in [-0.15, -0.1) is 0 Å². The topological polar surface area (TPSA) is 33.2 Å². The molecule has 0 fully saturated rings. The molecule has 0 radical (unpaired) electrons. The summed E-state index contributed by atoms with van der Waals surface area (Å²) in [6.07, 6.45) is 0. The number of anilines is 2. The Bertz CT molecular complexity index is 435. The van der Waals surface area contributed by atoms with E-state index in [0.29, 0.717) is 5.75 Å². The highest BCUT2D eigenvalue weighted by molar-refractivity contribution is 5.73. The van der Waals surface area contributed by atoms with Gasteiger partial charge in [-0.25, -0.2) is 0 Å². The van der Waals surface area contributed by atoms with Crippen LogP contribution in [0, 0.1) is 6.92 Å². The molecule has 1 N–H and O–H groups in total. The average molecular weight is 308 g/mol. The number of phenolic OH excluding ortho intramolecular Hbond substituents is 1. The number of phenols is 1. The quantitative estimate of drug-likeness (QED) is 0.790. The molecule has 0 saturated carbocycles. The number of nitrogens with zero attached hydrogens (tertiary/aromatic N) is 4. The standard InChI is InChI=1S/C17H32N4O/c1-14-12-15(20(6)10-8-18(2)3)17(22)16(13-14)21(7)11-9-19(4)5/h12-13,22H,8-11H2,1-7H3. The molecule has 1 aromatic carbocycles. The van der Waals surface area contributed by atoms with Crippen LogP contribution in [0.3, 0.4) is 0 Å². The minimum Gasteiger partial charge on any atom is -0.504 e. The fourth-order valence-corrected chi connectivity index (χ4v) is 2.26. The number of rotatable bonds is 8. The molecule has 0 spiro atoms. The second-order valence-corrected chi connectivity index (χ2v) is 6.60. The van der Waals surface area contributed by atoms with Crippen molar-refractivity contribution in [3.05, 3.63) is 17.7 Å². The van der Waals surface area contributed by atoms with Crippen molar-refractivity contribution in [1.82, 2.24) is 9.80 Å². The van der Waals surface area contributed by atoms with E-state index in [1.54, 1.807) is 0 Å². The van der Waals surface area contributed by atoms with E-state index in [1.807, 2.05) is 26.2 Å². The molecular formula is C17H32N4O. The summed E-state index contributed by atoms with van der Waals surface area (Å²) < 4.78 is 0. The molecule has 22 heavy (non-hydrogen) atoms. The molecule has 0 heterocycles. The number of benzene rings is 1. The summed E-state index contributed by atoms with van der Waals surface area (Å²) in [5, 5.41) is 10.7. The lowest BCUT2D eigenvalue weighted by atomic mass is 10.1. The summed E-state index contributed by atoms with van der Waals surface area (Å²) in [6.45, 7) is 5.74. The van der Waals surface area contributed by atoms with Gasteiger partial charge in [0.1, 0.15) is 0 Å². The molecular weight excluding hydrogens is 276 g/mol. The van der Waals surface area contributed by atoms with Gasteiger partial charge in [-0.3, -0.25) is 0 Å². The normalized spacial score (nSPS) is 11.3. The Morgan fingerprint density at radius 3 is 1.41 bits per heavy atom. The number of aromatic hydroxyl groups is 1. The first-order valence-corrected chi connectivity index (χ1v) is 7.77. The number of hydrogen-bond acceptors (Lipinski definition) is 5. The van der Waals surface area contributed by atoms with Gasteiger partial charge >= 0.3 is 0 Å². The van der Waals surface area contributed by atoms with Crippen LogP contribution >= 0.6 is 0 Å². The maximum absolute atomic E-state index is 10.7. The van der Waals surface area contributed by atoms with E-state index in [-0.39, 0.29) is 0 Å². The van der Waals surface area contributed by atoms with Gasteiger partial charge in [0.25, 0.3) is 0 Å². The maximum Gasteiger partial charge on any atom is 0.162 e. The first-order chi connectivity index (χ1) is 10.2. The highest BCUT2D eigenvalue weighted by Gasteiger charge is 2.15. The molecule has 5 nitrogen and oxygen atoms in total. The van der Waals surface area contributed by atoms with Crippen molar-refractivity contribution in [2.75, 3.05) is 78.3 Å².